The number of rotatable bonds is 3. The lowest BCUT2D eigenvalue weighted by Crippen LogP contribution is -1.92. The Kier molecular flexibility index (Phi) is 3.04. The van der Waals surface area contributed by atoms with Crippen molar-refractivity contribution >= 4 is 16.8 Å². The Hall–Kier alpha value is -1.90. The van der Waals surface area contributed by atoms with E-state index in [-0.39, 0.29) is 5.69 Å². The third-order valence-corrected chi connectivity index (χ3v) is 2.11. The molecular weight excluding hydrogens is 190 g/mol. The highest BCUT2D eigenvalue weighted by Gasteiger charge is 2.10. The van der Waals surface area contributed by atoms with Crippen LogP contribution in [-0.2, 0) is 0 Å². The summed E-state index contributed by atoms with van der Waals surface area (Å²) in [7, 11) is 0. The van der Waals surface area contributed by atoms with Crippen LogP contribution in [0.25, 0.3) is 11.1 Å². The molecule has 0 radical (unpaired) electrons. The molecule has 0 fully saturated rings. The molecule has 0 heterocycles. The van der Waals surface area contributed by atoms with E-state index < -0.39 is 4.92 Å². The van der Waals surface area contributed by atoms with Crippen molar-refractivity contribution < 1.29 is 4.92 Å². The first-order valence-corrected chi connectivity index (χ1v) is 4.53. The van der Waals surface area contributed by atoms with Crippen LogP contribution in [0.2, 0.25) is 0 Å². The first-order chi connectivity index (χ1) is 6.91. The van der Waals surface area contributed by atoms with E-state index in [1.165, 1.54) is 12.1 Å². The number of hydrogen-bond donors (Lipinski definition) is 0. The van der Waals surface area contributed by atoms with Gasteiger partial charge in [-0.3, -0.25) is 10.1 Å². The standard InChI is InChI=1S/C12H13NO2/c1-8(2)10-5-11(9(3)4)7-12(6-10)13(14)15/h5-7H,1,3H2,2,4H3. The van der Waals surface area contributed by atoms with Crippen LogP contribution in [0.1, 0.15) is 25.0 Å². The zero-order chi connectivity index (χ0) is 11.6. The summed E-state index contributed by atoms with van der Waals surface area (Å²) in [6, 6.07) is 4.90. The van der Waals surface area contributed by atoms with Gasteiger partial charge in [0, 0.05) is 12.1 Å². The molecule has 3 nitrogen and oxygen atoms in total. The fourth-order valence-corrected chi connectivity index (χ4v) is 1.21. The van der Waals surface area contributed by atoms with Gasteiger partial charge in [0.2, 0.25) is 0 Å². The van der Waals surface area contributed by atoms with Crippen molar-refractivity contribution in [3.05, 3.63) is 52.6 Å². The Bertz CT molecular complexity index is 368. The molecule has 78 valence electrons. The molecule has 0 unspecified atom stereocenters. The van der Waals surface area contributed by atoms with Crippen molar-refractivity contribution in [1.82, 2.24) is 0 Å². The Morgan fingerprint density at radius 1 is 1.13 bits per heavy atom. The van der Waals surface area contributed by atoms with Gasteiger partial charge >= 0.3 is 0 Å². The largest absolute Gasteiger partial charge is 0.270 e. The minimum absolute atomic E-state index is 0.0773. The average Bonchev–Trinajstić information content (AvgIpc) is 2.16. The van der Waals surface area contributed by atoms with Crippen LogP contribution in [0.4, 0.5) is 5.69 Å². The monoisotopic (exact) mass is 203 g/mol. The van der Waals surface area contributed by atoms with E-state index in [0.717, 1.165) is 22.3 Å². The number of nitro benzene ring substituents is 1. The van der Waals surface area contributed by atoms with Gasteiger partial charge in [-0.1, -0.05) is 24.3 Å². The van der Waals surface area contributed by atoms with E-state index in [9.17, 15) is 10.1 Å². The van der Waals surface area contributed by atoms with E-state index in [1.807, 2.05) is 19.9 Å². The average molecular weight is 203 g/mol. The highest BCUT2D eigenvalue weighted by atomic mass is 16.6. The summed E-state index contributed by atoms with van der Waals surface area (Å²) in [5.74, 6) is 0. The highest BCUT2D eigenvalue weighted by molar-refractivity contribution is 5.71. The SMILES string of the molecule is C=C(C)c1cc(C(=C)C)cc([N+](=O)[O-])c1. The lowest BCUT2D eigenvalue weighted by molar-refractivity contribution is -0.384. The van der Waals surface area contributed by atoms with E-state index in [0.29, 0.717) is 0 Å². The van der Waals surface area contributed by atoms with Gasteiger partial charge in [0.15, 0.2) is 0 Å². The molecule has 3 heteroatoms. The first-order valence-electron chi connectivity index (χ1n) is 4.53. The second kappa shape index (κ2) is 4.09. The summed E-state index contributed by atoms with van der Waals surface area (Å²) < 4.78 is 0. The molecule has 0 aliphatic carbocycles. The summed E-state index contributed by atoms with van der Waals surface area (Å²) in [5, 5.41) is 10.7. The Morgan fingerprint density at radius 2 is 1.53 bits per heavy atom. The molecule has 0 N–H and O–H groups in total. The number of allylic oxidation sites excluding steroid dienone is 2. The molecule has 0 amide bonds. The van der Waals surface area contributed by atoms with Gasteiger partial charge in [-0.2, -0.15) is 0 Å². The number of benzene rings is 1. The molecule has 0 saturated carbocycles. The molecule has 0 bridgehead atoms. The van der Waals surface area contributed by atoms with Gasteiger partial charge in [0.05, 0.1) is 4.92 Å². The van der Waals surface area contributed by atoms with Crippen LogP contribution in [0, 0.1) is 10.1 Å². The normalized spacial score (nSPS) is 9.73. The minimum atomic E-state index is -0.404. The predicted molar refractivity (Wildman–Crippen MR) is 62.5 cm³/mol. The summed E-state index contributed by atoms with van der Waals surface area (Å²) in [5.41, 5.74) is 3.25. The van der Waals surface area contributed by atoms with Crippen LogP contribution < -0.4 is 0 Å². The molecule has 0 atom stereocenters. The lowest BCUT2D eigenvalue weighted by Gasteiger charge is -2.04. The maximum Gasteiger partial charge on any atom is 0.270 e. The van der Waals surface area contributed by atoms with E-state index in [4.69, 9.17) is 0 Å². The van der Waals surface area contributed by atoms with Crippen molar-refractivity contribution in [2.24, 2.45) is 0 Å². The fourth-order valence-electron chi connectivity index (χ4n) is 1.21. The second-order valence-corrected chi connectivity index (χ2v) is 3.59. The van der Waals surface area contributed by atoms with E-state index >= 15 is 0 Å². The van der Waals surface area contributed by atoms with Gasteiger partial charge in [0.1, 0.15) is 0 Å². The molecule has 0 spiro atoms. The predicted octanol–water partition coefficient (Wildman–Crippen LogP) is 3.66. The molecule has 1 aromatic carbocycles. The molecule has 0 aliphatic rings. The smallest absolute Gasteiger partial charge is 0.258 e. The van der Waals surface area contributed by atoms with Crippen LogP contribution >= 0.6 is 0 Å². The van der Waals surface area contributed by atoms with Crippen molar-refractivity contribution in [3.63, 3.8) is 0 Å². The molecule has 0 aliphatic heterocycles. The zero-order valence-corrected chi connectivity index (χ0v) is 8.91. The summed E-state index contributed by atoms with van der Waals surface area (Å²) in [6.45, 7) is 11.2. The number of nitro groups is 1. The topological polar surface area (TPSA) is 43.1 Å². The van der Waals surface area contributed by atoms with Crippen molar-refractivity contribution in [2.75, 3.05) is 0 Å². The third kappa shape index (κ3) is 2.53. The Balaban J connectivity index is 3.39. The Morgan fingerprint density at radius 3 is 1.80 bits per heavy atom. The van der Waals surface area contributed by atoms with Crippen LogP contribution in [0.15, 0.2) is 31.4 Å². The van der Waals surface area contributed by atoms with Crippen LogP contribution in [0.5, 0.6) is 0 Å². The zero-order valence-electron chi connectivity index (χ0n) is 8.91. The van der Waals surface area contributed by atoms with Gasteiger partial charge in [-0.25, -0.2) is 0 Å². The van der Waals surface area contributed by atoms with Gasteiger partial charge in [-0.15, -0.1) is 0 Å². The maximum absolute atomic E-state index is 10.7. The van der Waals surface area contributed by atoms with E-state index in [1.54, 1.807) is 0 Å². The van der Waals surface area contributed by atoms with E-state index in [2.05, 4.69) is 13.2 Å². The first kappa shape index (κ1) is 11.2. The summed E-state index contributed by atoms with van der Waals surface area (Å²) in [6.07, 6.45) is 0. The molecular formula is C12H13NO2. The summed E-state index contributed by atoms with van der Waals surface area (Å²) >= 11 is 0. The lowest BCUT2D eigenvalue weighted by atomic mass is 10.0. The Labute approximate surface area is 88.9 Å². The molecule has 1 aromatic rings. The van der Waals surface area contributed by atoms with Crippen molar-refractivity contribution in [1.29, 1.82) is 0 Å². The molecule has 0 aromatic heterocycles. The quantitative estimate of drug-likeness (QED) is 0.555. The number of nitrogens with zero attached hydrogens (tertiary/aromatic N) is 1. The molecule has 0 saturated heterocycles. The molecule has 15 heavy (non-hydrogen) atoms. The molecule has 1 rings (SSSR count). The second-order valence-electron chi connectivity index (χ2n) is 3.59. The number of non-ortho nitro benzene ring substituents is 1. The van der Waals surface area contributed by atoms with Gasteiger partial charge < -0.3 is 0 Å². The summed E-state index contributed by atoms with van der Waals surface area (Å²) in [4.78, 5) is 10.3. The third-order valence-electron chi connectivity index (χ3n) is 2.11. The van der Waals surface area contributed by atoms with Crippen molar-refractivity contribution in [2.45, 2.75) is 13.8 Å². The highest BCUT2D eigenvalue weighted by Crippen LogP contribution is 2.25. The van der Waals surface area contributed by atoms with Gasteiger partial charge in [-0.05, 0) is 31.0 Å². The van der Waals surface area contributed by atoms with Crippen molar-refractivity contribution in [3.8, 4) is 0 Å². The van der Waals surface area contributed by atoms with Crippen LogP contribution in [0.3, 0.4) is 0 Å². The fraction of sp³-hybridized carbons (Fsp3) is 0.167. The van der Waals surface area contributed by atoms with Crippen LogP contribution in [-0.4, -0.2) is 4.92 Å². The van der Waals surface area contributed by atoms with Gasteiger partial charge in [0.25, 0.3) is 5.69 Å². The maximum atomic E-state index is 10.7. The number of hydrogen-bond acceptors (Lipinski definition) is 2. The minimum Gasteiger partial charge on any atom is -0.258 e.